The third-order valence-corrected chi connectivity index (χ3v) is 3.29. The van der Waals surface area contributed by atoms with Crippen molar-refractivity contribution in [2.24, 2.45) is 5.92 Å². The summed E-state index contributed by atoms with van der Waals surface area (Å²) in [6.07, 6.45) is 1.63. The third kappa shape index (κ3) is 2.57. The standard InChI is InChI=1S/C15H18N2O3/c1-9(2)14-13(15(20)10(3)8-12(18)19)11-6-4-5-7-17(11)16-14/h4-7,9-10H,8H2,1-3H3,(H,18,19). The number of carboxylic acids is 1. The molecule has 0 bridgehead atoms. The van der Waals surface area contributed by atoms with Crippen LogP contribution in [0.4, 0.5) is 0 Å². The van der Waals surface area contributed by atoms with Gasteiger partial charge in [-0.15, -0.1) is 0 Å². The molecule has 2 rings (SSSR count). The molecule has 0 saturated heterocycles. The molecular formula is C15H18N2O3. The molecular weight excluding hydrogens is 256 g/mol. The van der Waals surface area contributed by atoms with E-state index in [0.29, 0.717) is 5.56 Å². The Morgan fingerprint density at radius 2 is 2.00 bits per heavy atom. The van der Waals surface area contributed by atoms with E-state index in [1.807, 2.05) is 32.0 Å². The number of carbonyl (C=O) groups excluding carboxylic acids is 1. The minimum Gasteiger partial charge on any atom is -0.481 e. The lowest BCUT2D eigenvalue weighted by Crippen LogP contribution is -2.17. The van der Waals surface area contributed by atoms with Crippen LogP contribution < -0.4 is 0 Å². The van der Waals surface area contributed by atoms with Crippen LogP contribution in [0.1, 0.15) is 49.2 Å². The minimum atomic E-state index is -0.964. The van der Waals surface area contributed by atoms with Crippen LogP contribution in [0, 0.1) is 5.92 Å². The molecule has 0 spiro atoms. The maximum absolute atomic E-state index is 12.6. The van der Waals surface area contributed by atoms with Crippen LogP contribution in [-0.2, 0) is 4.79 Å². The molecule has 0 aliphatic carbocycles. The van der Waals surface area contributed by atoms with Gasteiger partial charge in [-0.25, -0.2) is 4.52 Å². The zero-order valence-corrected chi connectivity index (χ0v) is 11.8. The lowest BCUT2D eigenvalue weighted by molar-refractivity contribution is -0.137. The molecule has 5 heteroatoms. The van der Waals surface area contributed by atoms with Gasteiger partial charge in [-0.1, -0.05) is 26.8 Å². The molecule has 0 fully saturated rings. The van der Waals surface area contributed by atoms with Crippen molar-refractivity contribution >= 4 is 17.3 Å². The molecule has 0 radical (unpaired) electrons. The van der Waals surface area contributed by atoms with E-state index in [0.717, 1.165) is 11.2 Å². The van der Waals surface area contributed by atoms with E-state index in [9.17, 15) is 9.59 Å². The summed E-state index contributed by atoms with van der Waals surface area (Å²) in [6.45, 7) is 5.59. The SMILES string of the molecule is CC(CC(=O)O)C(=O)c1c(C(C)C)nn2ccccc12. The molecule has 2 aromatic heterocycles. The highest BCUT2D eigenvalue weighted by Gasteiger charge is 2.26. The first-order valence-electron chi connectivity index (χ1n) is 6.65. The molecule has 1 unspecified atom stereocenters. The Morgan fingerprint density at radius 3 is 2.60 bits per heavy atom. The van der Waals surface area contributed by atoms with Crippen molar-refractivity contribution in [2.75, 3.05) is 0 Å². The first-order valence-corrected chi connectivity index (χ1v) is 6.65. The smallest absolute Gasteiger partial charge is 0.304 e. The fraction of sp³-hybridized carbons (Fsp3) is 0.400. The van der Waals surface area contributed by atoms with Gasteiger partial charge in [0.15, 0.2) is 5.78 Å². The van der Waals surface area contributed by atoms with Gasteiger partial charge in [0.1, 0.15) is 0 Å². The third-order valence-electron chi connectivity index (χ3n) is 3.29. The number of carboxylic acid groups (broad SMARTS) is 1. The van der Waals surface area contributed by atoms with Crippen LogP contribution in [0.2, 0.25) is 0 Å². The number of aromatic nitrogens is 2. The summed E-state index contributed by atoms with van der Waals surface area (Å²) in [5.74, 6) is -1.57. The van der Waals surface area contributed by atoms with Crippen LogP contribution in [-0.4, -0.2) is 26.5 Å². The molecule has 0 aromatic carbocycles. The fourth-order valence-electron chi connectivity index (χ4n) is 2.27. The summed E-state index contributed by atoms with van der Waals surface area (Å²) in [5, 5.41) is 13.3. The lowest BCUT2D eigenvalue weighted by Gasteiger charge is -2.09. The predicted octanol–water partition coefficient (Wildman–Crippen LogP) is 2.75. The normalized spacial score (nSPS) is 12.8. The molecule has 2 heterocycles. The largest absolute Gasteiger partial charge is 0.481 e. The number of ketones is 1. The summed E-state index contributed by atoms with van der Waals surface area (Å²) in [4.78, 5) is 23.4. The Hall–Kier alpha value is -2.17. The molecule has 106 valence electrons. The van der Waals surface area contributed by atoms with Gasteiger partial charge in [0.05, 0.1) is 23.2 Å². The average Bonchev–Trinajstić information content (AvgIpc) is 2.76. The maximum Gasteiger partial charge on any atom is 0.304 e. The fourth-order valence-corrected chi connectivity index (χ4v) is 2.27. The van der Waals surface area contributed by atoms with Crippen LogP contribution in [0.3, 0.4) is 0 Å². The molecule has 2 aromatic rings. The number of hydrogen-bond acceptors (Lipinski definition) is 3. The van der Waals surface area contributed by atoms with Crippen LogP contribution in [0.5, 0.6) is 0 Å². The number of aliphatic carboxylic acids is 1. The predicted molar refractivity (Wildman–Crippen MR) is 75.0 cm³/mol. The minimum absolute atomic E-state index is 0.103. The van der Waals surface area contributed by atoms with E-state index in [2.05, 4.69) is 5.10 Å². The Kier molecular flexibility index (Phi) is 3.88. The first kappa shape index (κ1) is 14.2. The topological polar surface area (TPSA) is 71.7 Å². The summed E-state index contributed by atoms with van der Waals surface area (Å²) in [6, 6.07) is 5.53. The summed E-state index contributed by atoms with van der Waals surface area (Å²) < 4.78 is 1.68. The first-order chi connectivity index (χ1) is 9.41. The number of carbonyl (C=O) groups is 2. The molecule has 0 amide bonds. The highest BCUT2D eigenvalue weighted by molar-refractivity contribution is 6.05. The Bertz CT molecular complexity index is 658. The van der Waals surface area contributed by atoms with Crippen molar-refractivity contribution < 1.29 is 14.7 Å². The van der Waals surface area contributed by atoms with Crippen LogP contribution in [0.15, 0.2) is 24.4 Å². The van der Waals surface area contributed by atoms with E-state index in [1.54, 1.807) is 17.6 Å². The number of pyridine rings is 1. The monoisotopic (exact) mass is 274 g/mol. The molecule has 1 N–H and O–H groups in total. The second-order valence-corrected chi connectivity index (χ2v) is 5.31. The number of rotatable bonds is 5. The Morgan fingerprint density at radius 1 is 1.30 bits per heavy atom. The molecule has 5 nitrogen and oxygen atoms in total. The van der Waals surface area contributed by atoms with Crippen molar-refractivity contribution in [3.05, 3.63) is 35.7 Å². The van der Waals surface area contributed by atoms with Crippen molar-refractivity contribution in [3.8, 4) is 0 Å². The number of hydrogen-bond donors (Lipinski definition) is 1. The second-order valence-electron chi connectivity index (χ2n) is 5.31. The van der Waals surface area contributed by atoms with E-state index in [4.69, 9.17) is 5.11 Å². The summed E-state index contributed by atoms with van der Waals surface area (Å²) in [7, 11) is 0. The molecule has 20 heavy (non-hydrogen) atoms. The van der Waals surface area contributed by atoms with E-state index < -0.39 is 11.9 Å². The quantitative estimate of drug-likeness (QED) is 0.851. The highest BCUT2D eigenvalue weighted by atomic mass is 16.4. The number of Topliss-reactive ketones (excluding diaryl/α,β-unsaturated/α-hetero) is 1. The van der Waals surface area contributed by atoms with E-state index >= 15 is 0 Å². The lowest BCUT2D eigenvalue weighted by atomic mass is 9.92. The maximum atomic E-state index is 12.6. The zero-order chi connectivity index (χ0) is 14.9. The zero-order valence-electron chi connectivity index (χ0n) is 11.8. The highest BCUT2D eigenvalue weighted by Crippen LogP contribution is 2.26. The molecule has 0 aliphatic rings. The van der Waals surface area contributed by atoms with Gasteiger partial charge in [0, 0.05) is 12.1 Å². The molecule has 1 atom stereocenters. The molecule has 0 saturated carbocycles. The van der Waals surface area contributed by atoms with Crippen molar-refractivity contribution in [2.45, 2.75) is 33.1 Å². The number of nitrogens with zero attached hydrogens (tertiary/aromatic N) is 2. The van der Waals surface area contributed by atoms with Gasteiger partial charge in [-0.2, -0.15) is 5.10 Å². The van der Waals surface area contributed by atoms with Gasteiger partial charge in [-0.3, -0.25) is 9.59 Å². The van der Waals surface area contributed by atoms with Gasteiger partial charge in [0.2, 0.25) is 0 Å². The summed E-state index contributed by atoms with van der Waals surface area (Å²) >= 11 is 0. The Labute approximate surface area is 117 Å². The van der Waals surface area contributed by atoms with Gasteiger partial charge in [-0.05, 0) is 18.1 Å². The van der Waals surface area contributed by atoms with Crippen LogP contribution >= 0.6 is 0 Å². The number of fused-ring (bicyclic) bond motifs is 1. The Balaban J connectivity index is 2.53. The molecule has 0 aliphatic heterocycles. The van der Waals surface area contributed by atoms with Gasteiger partial charge >= 0.3 is 5.97 Å². The van der Waals surface area contributed by atoms with Crippen molar-refractivity contribution in [1.29, 1.82) is 0 Å². The van der Waals surface area contributed by atoms with Crippen LogP contribution in [0.25, 0.3) is 5.52 Å². The summed E-state index contributed by atoms with van der Waals surface area (Å²) in [5.41, 5.74) is 2.01. The van der Waals surface area contributed by atoms with Crippen molar-refractivity contribution in [1.82, 2.24) is 9.61 Å². The van der Waals surface area contributed by atoms with E-state index in [1.165, 1.54) is 0 Å². The van der Waals surface area contributed by atoms with Gasteiger partial charge in [0.25, 0.3) is 0 Å². The van der Waals surface area contributed by atoms with Gasteiger partial charge < -0.3 is 5.11 Å². The van der Waals surface area contributed by atoms with E-state index in [-0.39, 0.29) is 18.1 Å². The van der Waals surface area contributed by atoms with Crippen molar-refractivity contribution in [3.63, 3.8) is 0 Å². The second kappa shape index (κ2) is 5.45. The average molecular weight is 274 g/mol.